The molecular formula is C28H23BrF3N5O4S. The van der Waals surface area contributed by atoms with Gasteiger partial charge in [-0.2, -0.15) is 13.2 Å². The van der Waals surface area contributed by atoms with Crippen LogP contribution in [0.3, 0.4) is 0 Å². The standard InChI is InChI=1S/C28H23BrF3N5O4S/c1-2-41-26(40)17-7-11-19(12-8-17)34-24(38)16-42-27-36-35-23(37(27)20-13-9-18(29)10-14-20)15-33-25(39)21-5-3-4-6-22(21)28(30,31)32/h3-14H,2,15-16H2,1H3,(H,33,39)(H,34,38). The molecule has 0 fully saturated rings. The molecule has 0 aliphatic heterocycles. The summed E-state index contributed by atoms with van der Waals surface area (Å²) in [5.41, 5.74) is -0.115. The Bertz CT molecular complexity index is 1580. The molecule has 0 atom stereocenters. The molecule has 2 N–H and O–H groups in total. The first-order chi connectivity index (χ1) is 20.1. The third-order valence-corrected chi connectivity index (χ3v) is 7.14. The molecule has 0 aliphatic carbocycles. The maximum Gasteiger partial charge on any atom is 0.417 e. The number of ether oxygens (including phenoxy) is 1. The van der Waals surface area contributed by atoms with Crippen LogP contribution in [0.1, 0.15) is 39.0 Å². The summed E-state index contributed by atoms with van der Waals surface area (Å²) in [5, 5.41) is 13.8. The van der Waals surface area contributed by atoms with E-state index in [1.165, 1.54) is 12.1 Å². The second-order valence-corrected chi connectivity index (χ2v) is 10.4. The molecule has 1 aromatic heterocycles. The van der Waals surface area contributed by atoms with E-state index in [4.69, 9.17) is 4.74 Å². The van der Waals surface area contributed by atoms with Crippen molar-refractivity contribution in [2.45, 2.75) is 24.8 Å². The lowest BCUT2D eigenvalue weighted by Gasteiger charge is -2.14. The number of thioether (sulfide) groups is 1. The van der Waals surface area contributed by atoms with Crippen molar-refractivity contribution in [3.63, 3.8) is 0 Å². The Morgan fingerprint density at radius 2 is 1.67 bits per heavy atom. The Kier molecular flexibility index (Phi) is 10.0. The molecule has 218 valence electrons. The van der Waals surface area contributed by atoms with E-state index in [-0.39, 0.29) is 30.6 Å². The first-order valence-corrected chi connectivity index (χ1v) is 14.2. The normalized spacial score (nSPS) is 11.2. The van der Waals surface area contributed by atoms with Gasteiger partial charge < -0.3 is 15.4 Å². The van der Waals surface area contributed by atoms with Crippen molar-refractivity contribution in [1.82, 2.24) is 20.1 Å². The van der Waals surface area contributed by atoms with Gasteiger partial charge in [-0.05, 0) is 67.6 Å². The van der Waals surface area contributed by atoms with Crippen LogP contribution >= 0.6 is 27.7 Å². The summed E-state index contributed by atoms with van der Waals surface area (Å²) in [5.74, 6) is -1.55. The Morgan fingerprint density at radius 3 is 2.33 bits per heavy atom. The van der Waals surface area contributed by atoms with Crippen molar-refractivity contribution in [3.8, 4) is 5.69 Å². The van der Waals surface area contributed by atoms with Crippen molar-refractivity contribution in [3.05, 3.63) is 99.8 Å². The summed E-state index contributed by atoms with van der Waals surface area (Å²) in [4.78, 5) is 37.2. The molecule has 3 aromatic carbocycles. The van der Waals surface area contributed by atoms with Gasteiger partial charge in [-0.3, -0.25) is 14.2 Å². The van der Waals surface area contributed by atoms with Crippen LogP contribution in [0.5, 0.6) is 0 Å². The van der Waals surface area contributed by atoms with Crippen LogP contribution in [0.4, 0.5) is 18.9 Å². The number of aromatic nitrogens is 3. The van der Waals surface area contributed by atoms with E-state index in [2.05, 4.69) is 36.8 Å². The van der Waals surface area contributed by atoms with Gasteiger partial charge in [0.25, 0.3) is 5.91 Å². The zero-order valence-corrected chi connectivity index (χ0v) is 24.3. The number of rotatable bonds is 10. The van der Waals surface area contributed by atoms with Gasteiger partial charge >= 0.3 is 12.1 Å². The minimum absolute atomic E-state index is 0.0559. The second kappa shape index (κ2) is 13.7. The molecule has 0 saturated heterocycles. The summed E-state index contributed by atoms with van der Waals surface area (Å²) < 4.78 is 47.5. The highest BCUT2D eigenvalue weighted by atomic mass is 79.9. The zero-order chi connectivity index (χ0) is 30.3. The minimum atomic E-state index is -4.70. The molecule has 9 nitrogen and oxygen atoms in total. The largest absolute Gasteiger partial charge is 0.462 e. The average Bonchev–Trinajstić information content (AvgIpc) is 3.38. The summed E-state index contributed by atoms with van der Waals surface area (Å²) >= 11 is 4.45. The number of alkyl halides is 3. The number of carbonyl (C=O) groups is 3. The molecule has 0 bridgehead atoms. The number of carbonyl (C=O) groups excluding carboxylic acids is 3. The van der Waals surface area contributed by atoms with Crippen molar-refractivity contribution < 1.29 is 32.3 Å². The van der Waals surface area contributed by atoms with Crippen LogP contribution < -0.4 is 10.6 Å². The quantitative estimate of drug-likeness (QED) is 0.161. The smallest absolute Gasteiger partial charge is 0.417 e. The van der Waals surface area contributed by atoms with Crippen molar-refractivity contribution >= 4 is 51.2 Å². The number of benzene rings is 3. The number of hydrogen-bond acceptors (Lipinski definition) is 7. The molecule has 42 heavy (non-hydrogen) atoms. The maximum absolute atomic E-state index is 13.4. The number of amides is 2. The number of halogens is 4. The van der Waals surface area contributed by atoms with Crippen molar-refractivity contribution in [1.29, 1.82) is 0 Å². The van der Waals surface area contributed by atoms with Crippen LogP contribution in [0.25, 0.3) is 5.69 Å². The molecule has 1 heterocycles. The van der Waals surface area contributed by atoms with Gasteiger partial charge in [-0.1, -0.05) is 39.8 Å². The molecule has 2 amide bonds. The van der Waals surface area contributed by atoms with E-state index in [1.807, 2.05) is 0 Å². The van der Waals surface area contributed by atoms with Gasteiger partial charge in [-0.15, -0.1) is 10.2 Å². The first-order valence-electron chi connectivity index (χ1n) is 12.4. The SMILES string of the molecule is CCOC(=O)c1ccc(NC(=O)CSc2nnc(CNC(=O)c3ccccc3C(F)(F)F)n2-c2ccc(Br)cc2)cc1. The molecule has 0 spiro atoms. The lowest BCUT2D eigenvalue weighted by Crippen LogP contribution is -2.27. The van der Waals surface area contributed by atoms with Gasteiger partial charge in [-0.25, -0.2) is 4.79 Å². The van der Waals surface area contributed by atoms with E-state index >= 15 is 0 Å². The summed E-state index contributed by atoms with van der Waals surface area (Å²) in [6, 6.07) is 17.8. The monoisotopic (exact) mass is 661 g/mol. The van der Waals surface area contributed by atoms with Gasteiger partial charge in [0, 0.05) is 15.8 Å². The lowest BCUT2D eigenvalue weighted by atomic mass is 10.1. The summed E-state index contributed by atoms with van der Waals surface area (Å²) in [6.07, 6.45) is -4.70. The van der Waals surface area contributed by atoms with Gasteiger partial charge in [0.15, 0.2) is 11.0 Å². The minimum Gasteiger partial charge on any atom is -0.462 e. The highest BCUT2D eigenvalue weighted by Gasteiger charge is 2.34. The fourth-order valence-electron chi connectivity index (χ4n) is 3.77. The van der Waals surface area contributed by atoms with Crippen LogP contribution in [0.15, 0.2) is 82.4 Å². The predicted octanol–water partition coefficient (Wildman–Crippen LogP) is 5.89. The summed E-state index contributed by atoms with van der Waals surface area (Å²) in [7, 11) is 0. The van der Waals surface area contributed by atoms with Crippen LogP contribution in [-0.2, 0) is 22.3 Å². The van der Waals surface area contributed by atoms with E-state index in [0.29, 0.717) is 22.1 Å². The highest BCUT2D eigenvalue weighted by molar-refractivity contribution is 9.10. The van der Waals surface area contributed by atoms with E-state index < -0.39 is 29.2 Å². The third-order valence-electron chi connectivity index (χ3n) is 5.68. The van der Waals surface area contributed by atoms with Gasteiger partial charge in [0.1, 0.15) is 0 Å². The fraction of sp³-hybridized carbons (Fsp3) is 0.179. The average molecular weight is 662 g/mol. The van der Waals surface area contributed by atoms with Crippen LogP contribution in [0, 0.1) is 0 Å². The van der Waals surface area contributed by atoms with Crippen molar-refractivity contribution in [2.24, 2.45) is 0 Å². The third kappa shape index (κ3) is 7.76. The number of anilines is 1. The van der Waals surface area contributed by atoms with Crippen molar-refractivity contribution in [2.75, 3.05) is 17.7 Å². The van der Waals surface area contributed by atoms with Gasteiger partial charge in [0.05, 0.1) is 35.6 Å². The van der Waals surface area contributed by atoms with E-state index in [1.54, 1.807) is 60.0 Å². The molecular weight excluding hydrogens is 639 g/mol. The number of hydrogen-bond donors (Lipinski definition) is 2. The Hall–Kier alpha value is -4.17. The molecule has 0 aliphatic rings. The summed E-state index contributed by atoms with van der Waals surface area (Å²) in [6.45, 7) is 1.73. The molecule has 4 rings (SSSR count). The first kappa shape index (κ1) is 30.8. The Balaban J connectivity index is 1.48. The fourth-order valence-corrected chi connectivity index (χ4v) is 4.81. The topological polar surface area (TPSA) is 115 Å². The molecule has 0 unspecified atom stereocenters. The van der Waals surface area contributed by atoms with Gasteiger partial charge in [0.2, 0.25) is 5.91 Å². The van der Waals surface area contributed by atoms with E-state index in [9.17, 15) is 27.6 Å². The molecule has 14 heteroatoms. The van der Waals surface area contributed by atoms with Crippen LogP contribution in [0.2, 0.25) is 0 Å². The van der Waals surface area contributed by atoms with Crippen LogP contribution in [-0.4, -0.2) is 44.9 Å². The number of nitrogens with one attached hydrogen (secondary N) is 2. The maximum atomic E-state index is 13.4. The Labute approximate surface area is 251 Å². The number of esters is 1. The Morgan fingerprint density at radius 1 is 0.976 bits per heavy atom. The molecule has 0 radical (unpaired) electrons. The second-order valence-electron chi connectivity index (χ2n) is 8.57. The predicted molar refractivity (Wildman–Crippen MR) is 153 cm³/mol. The number of nitrogens with zero attached hydrogens (tertiary/aromatic N) is 3. The van der Waals surface area contributed by atoms with E-state index in [0.717, 1.165) is 28.4 Å². The lowest BCUT2D eigenvalue weighted by molar-refractivity contribution is -0.138. The molecule has 0 saturated carbocycles. The zero-order valence-electron chi connectivity index (χ0n) is 21.9. The molecule has 4 aromatic rings. The highest BCUT2D eigenvalue weighted by Crippen LogP contribution is 2.32.